The minimum absolute atomic E-state index is 0.254. The average molecular weight is 264 g/mol. The Morgan fingerprint density at radius 2 is 2.00 bits per heavy atom. The van der Waals surface area contributed by atoms with E-state index in [0.717, 1.165) is 5.56 Å². The SMILES string of the molecule is CCn1c(OC)nnc1[C@H](N)Cc1ccc(F)cc1. The van der Waals surface area contributed by atoms with Crippen LogP contribution < -0.4 is 10.5 Å². The quantitative estimate of drug-likeness (QED) is 0.892. The lowest BCUT2D eigenvalue weighted by Crippen LogP contribution is -2.19. The second-order valence-corrected chi connectivity index (χ2v) is 4.23. The topological polar surface area (TPSA) is 66.0 Å². The Morgan fingerprint density at radius 3 is 2.58 bits per heavy atom. The molecular weight excluding hydrogens is 247 g/mol. The summed E-state index contributed by atoms with van der Waals surface area (Å²) < 4.78 is 19.8. The highest BCUT2D eigenvalue weighted by Gasteiger charge is 2.18. The zero-order valence-electron chi connectivity index (χ0n) is 11.0. The first-order valence-corrected chi connectivity index (χ1v) is 6.12. The van der Waals surface area contributed by atoms with Crippen LogP contribution in [-0.2, 0) is 13.0 Å². The number of nitrogens with two attached hydrogens (primary N) is 1. The fourth-order valence-electron chi connectivity index (χ4n) is 1.99. The molecule has 0 aliphatic rings. The van der Waals surface area contributed by atoms with Crippen molar-refractivity contribution >= 4 is 0 Å². The molecule has 2 N–H and O–H groups in total. The third kappa shape index (κ3) is 2.90. The number of hydrogen-bond acceptors (Lipinski definition) is 4. The lowest BCUT2D eigenvalue weighted by atomic mass is 10.1. The monoisotopic (exact) mass is 264 g/mol. The van der Waals surface area contributed by atoms with Crippen LogP contribution in [0.25, 0.3) is 0 Å². The van der Waals surface area contributed by atoms with Crippen LogP contribution in [0.2, 0.25) is 0 Å². The fraction of sp³-hybridized carbons (Fsp3) is 0.385. The van der Waals surface area contributed by atoms with E-state index in [1.54, 1.807) is 19.2 Å². The summed E-state index contributed by atoms with van der Waals surface area (Å²) in [6.45, 7) is 2.66. The van der Waals surface area contributed by atoms with Crippen molar-refractivity contribution in [2.45, 2.75) is 25.9 Å². The van der Waals surface area contributed by atoms with Crippen molar-refractivity contribution in [3.8, 4) is 6.01 Å². The van der Waals surface area contributed by atoms with E-state index in [0.29, 0.717) is 24.8 Å². The van der Waals surface area contributed by atoms with Crippen molar-refractivity contribution < 1.29 is 9.13 Å². The lowest BCUT2D eigenvalue weighted by molar-refractivity contribution is 0.354. The van der Waals surface area contributed by atoms with Crippen molar-refractivity contribution in [2.24, 2.45) is 5.73 Å². The molecule has 0 saturated heterocycles. The summed E-state index contributed by atoms with van der Waals surface area (Å²) in [6, 6.07) is 6.44. The van der Waals surface area contributed by atoms with E-state index in [4.69, 9.17) is 10.5 Å². The first-order valence-electron chi connectivity index (χ1n) is 6.12. The van der Waals surface area contributed by atoms with E-state index in [9.17, 15) is 4.39 Å². The highest BCUT2D eigenvalue weighted by atomic mass is 19.1. The molecule has 0 radical (unpaired) electrons. The highest BCUT2D eigenvalue weighted by molar-refractivity contribution is 5.19. The Kier molecular flexibility index (Phi) is 4.11. The third-order valence-electron chi connectivity index (χ3n) is 2.94. The third-order valence-corrected chi connectivity index (χ3v) is 2.94. The molecule has 1 atom stereocenters. The Bertz CT molecular complexity index is 538. The van der Waals surface area contributed by atoms with Gasteiger partial charge in [0.05, 0.1) is 13.2 Å². The predicted octanol–water partition coefficient (Wildman–Crippen LogP) is 1.69. The maximum absolute atomic E-state index is 12.8. The number of methoxy groups -OCH3 is 1. The van der Waals surface area contributed by atoms with Crippen LogP contribution in [0.4, 0.5) is 4.39 Å². The van der Waals surface area contributed by atoms with Gasteiger partial charge in [-0.25, -0.2) is 4.39 Å². The molecule has 5 nitrogen and oxygen atoms in total. The van der Waals surface area contributed by atoms with Crippen LogP contribution >= 0.6 is 0 Å². The molecule has 0 fully saturated rings. The smallest absolute Gasteiger partial charge is 0.316 e. The van der Waals surface area contributed by atoms with E-state index < -0.39 is 0 Å². The number of benzene rings is 1. The normalized spacial score (nSPS) is 12.4. The fourth-order valence-corrected chi connectivity index (χ4v) is 1.99. The maximum Gasteiger partial charge on any atom is 0.316 e. The highest BCUT2D eigenvalue weighted by Crippen LogP contribution is 2.18. The van der Waals surface area contributed by atoms with Gasteiger partial charge in [0.1, 0.15) is 5.82 Å². The van der Waals surface area contributed by atoms with Crippen molar-refractivity contribution in [2.75, 3.05) is 7.11 Å². The largest absolute Gasteiger partial charge is 0.467 e. The molecule has 19 heavy (non-hydrogen) atoms. The summed E-state index contributed by atoms with van der Waals surface area (Å²) in [6.07, 6.45) is 0.572. The van der Waals surface area contributed by atoms with Crippen molar-refractivity contribution in [1.29, 1.82) is 0 Å². The molecule has 0 aliphatic heterocycles. The van der Waals surface area contributed by atoms with Gasteiger partial charge in [0, 0.05) is 6.54 Å². The molecule has 6 heteroatoms. The Labute approximate surface area is 111 Å². The van der Waals surface area contributed by atoms with Gasteiger partial charge >= 0.3 is 6.01 Å². The molecule has 0 saturated carbocycles. The number of ether oxygens (including phenoxy) is 1. The zero-order valence-corrected chi connectivity index (χ0v) is 11.0. The first-order chi connectivity index (χ1) is 9.15. The van der Waals surface area contributed by atoms with Crippen LogP contribution in [0.5, 0.6) is 6.01 Å². The van der Waals surface area contributed by atoms with Crippen LogP contribution in [0.3, 0.4) is 0 Å². The Hall–Kier alpha value is -1.95. The Morgan fingerprint density at radius 1 is 1.32 bits per heavy atom. The van der Waals surface area contributed by atoms with Crippen LogP contribution in [0.15, 0.2) is 24.3 Å². The van der Waals surface area contributed by atoms with E-state index in [1.165, 1.54) is 12.1 Å². The average Bonchev–Trinajstić information content (AvgIpc) is 2.84. The molecule has 0 aliphatic carbocycles. The molecule has 2 rings (SSSR count). The van der Waals surface area contributed by atoms with Gasteiger partial charge in [-0.05, 0) is 31.0 Å². The molecular formula is C13H17FN4O. The molecule has 1 heterocycles. The van der Waals surface area contributed by atoms with E-state index >= 15 is 0 Å². The minimum Gasteiger partial charge on any atom is -0.467 e. The molecule has 0 spiro atoms. The number of halogens is 1. The van der Waals surface area contributed by atoms with E-state index in [-0.39, 0.29) is 11.9 Å². The molecule has 0 amide bonds. The summed E-state index contributed by atoms with van der Waals surface area (Å²) >= 11 is 0. The summed E-state index contributed by atoms with van der Waals surface area (Å²) in [5.74, 6) is 0.416. The number of nitrogens with zero attached hydrogens (tertiary/aromatic N) is 3. The van der Waals surface area contributed by atoms with Gasteiger partial charge in [-0.3, -0.25) is 4.57 Å². The molecule has 2 aromatic rings. The minimum atomic E-state index is -0.304. The molecule has 102 valence electrons. The van der Waals surface area contributed by atoms with Gasteiger partial charge < -0.3 is 10.5 Å². The van der Waals surface area contributed by atoms with Gasteiger partial charge in [0.15, 0.2) is 5.82 Å². The van der Waals surface area contributed by atoms with Crippen LogP contribution in [0.1, 0.15) is 24.4 Å². The molecule has 1 aromatic carbocycles. The van der Waals surface area contributed by atoms with Gasteiger partial charge in [-0.15, -0.1) is 5.10 Å². The van der Waals surface area contributed by atoms with Crippen LogP contribution in [-0.4, -0.2) is 21.9 Å². The van der Waals surface area contributed by atoms with Gasteiger partial charge in [-0.2, -0.15) is 0 Å². The number of aromatic nitrogens is 3. The zero-order chi connectivity index (χ0) is 13.8. The standard InChI is InChI=1S/C13H17FN4O/c1-3-18-12(16-17-13(18)19-2)11(15)8-9-4-6-10(14)7-5-9/h4-7,11H,3,8,15H2,1-2H3/t11-/m1/s1. The summed E-state index contributed by atoms with van der Waals surface area (Å²) in [5.41, 5.74) is 7.09. The van der Waals surface area contributed by atoms with Gasteiger partial charge in [0.25, 0.3) is 0 Å². The second-order valence-electron chi connectivity index (χ2n) is 4.23. The van der Waals surface area contributed by atoms with Crippen molar-refractivity contribution in [3.05, 3.63) is 41.5 Å². The first kappa shape index (κ1) is 13.5. The Balaban J connectivity index is 2.17. The molecule has 0 bridgehead atoms. The summed E-state index contributed by atoms with van der Waals surface area (Å²) in [7, 11) is 1.55. The van der Waals surface area contributed by atoms with Crippen molar-refractivity contribution in [3.63, 3.8) is 0 Å². The van der Waals surface area contributed by atoms with Gasteiger partial charge in [-0.1, -0.05) is 17.2 Å². The number of rotatable bonds is 5. The van der Waals surface area contributed by atoms with E-state index in [1.807, 2.05) is 11.5 Å². The maximum atomic E-state index is 12.8. The molecule has 0 unspecified atom stereocenters. The van der Waals surface area contributed by atoms with Crippen molar-refractivity contribution in [1.82, 2.24) is 14.8 Å². The summed E-state index contributed by atoms with van der Waals surface area (Å²) in [5, 5.41) is 7.99. The van der Waals surface area contributed by atoms with Gasteiger partial charge in [0.2, 0.25) is 0 Å². The molecule has 1 aromatic heterocycles. The van der Waals surface area contributed by atoms with Crippen LogP contribution in [0, 0.1) is 5.82 Å². The number of hydrogen-bond donors (Lipinski definition) is 1. The lowest BCUT2D eigenvalue weighted by Gasteiger charge is -2.12. The predicted molar refractivity (Wildman–Crippen MR) is 69.3 cm³/mol. The van der Waals surface area contributed by atoms with E-state index in [2.05, 4.69) is 10.2 Å². The second kappa shape index (κ2) is 5.79. The summed E-state index contributed by atoms with van der Waals surface area (Å²) in [4.78, 5) is 0.